The predicted molar refractivity (Wildman–Crippen MR) is 114 cm³/mol. The van der Waals surface area contributed by atoms with Crippen LogP contribution in [0.25, 0.3) is 11.3 Å². The van der Waals surface area contributed by atoms with Gasteiger partial charge in [0.2, 0.25) is 0 Å². The average Bonchev–Trinajstić information content (AvgIpc) is 3.37. The summed E-state index contributed by atoms with van der Waals surface area (Å²) >= 11 is 0. The number of halogens is 1. The highest BCUT2D eigenvalue weighted by Gasteiger charge is 2.34. The molecule has 1 aliphatic carbocycles. The molecular weight excluding hydrogens is 397 g/mol. The van der Waals surface area contributed by atoms with Gasteiger partial charge in [-0.25, -0.2) is 9.37 Å². The van der Waals surface area contributed by atoms with Crippen LogP contribution in [0.15, 0.2) is 48.7 Å². The summed E-state index contributed by atoms with van der Waals surface area (Å²) in [6.07, 6.45) is 3.56. The molecule has 0 bridgehead atoms. The van der Waals surface area contributed by atoms with Crippen molar-refractivity contribution in [3.05, 3.63) is 71.3 Å². The van der Waals surface area contributed by atoms with Crippen LogP contribution >= 0.6 is 0 Å². The molecule has 1 amide bonds. The smallest absolute Gasteiger partial charge is 0.260 e. The number of anilines is 1. The van der Waals surface area contributed by atoms with E-state index in [1.165, 1.54) is 19.4 Å². The molecule has 0 spiro atoms. The van der Waals surface area contributed by atoms with Crippen LogP contribution in [0.1, 0.15) is 46.8 Å². The van der Waals surface area contributed by atoms with Crippen LogP contribution in [0.2, 0.25) is 0 Å². The zero-order valence-corrected chi connectivity index (χ0v) is 17.1. The van der Waals surface area contributed by atoms with Gasteiger partial charge >= 0.3 is 0 Å². The van der Waals surface area contributed by atoms with Gasteiger partial charge in [-0.3, -0.25) is 14.7 Å². The van der Waals surface area contributed by atoms with E-state index in [9.17, 15) is 14.3 Å². The molecule has 3 heterocycles. The van der Waals surface area contributed by atoms with Crippen LogP contribution in [0.3, 0.4) is 0 Å². The first-order valence-electron chi connectivity index (χ1n) is 10.3. The summed E-state index contributed by atoms with van der Waals surface area (Å²) in [6.45, 7) is 0.249. The Hall–Kier alpha value is -3.32. The van der Waals surface area contributed by atoms with Crippen molar-refractivity contribution in [2.24, 2.45) is 0 Å². The fraction of sp³-hybridized carbons (Fsp3) is 0.292. The molecule has 1 N–H and O–H groups in total. The Bertz CT molecular complexity index is 1170. The Morgan fingerprint density at radius 2 is 2.00 bits per heavy atom. The number of aliphatic hydroxyl groups is 1. The second-order valence-electron chi connectivity index (χ2n) is 7.98. The minimum atomic E-state index is -0.453. The number of carbonyl (C=O) groups excluding carboxylic acids is 1. The Balaban J connectivity index is 1.53. The van der Waals surface area contributed by atoms with Crippen molar-refractivity contribution in [1.29, 1.82) is 0 Å². The number of pyridine rings is 2. The van der Waals surface area contributed by atoms with Crippen LogP contribution in [0.4, 0.5) is 10.2 Å². The first kappa shape index (κ1) is 19.6. The van der Waals surface area contributed by atoms with Gasteiger partial charge in [-0.1, -0.05) is 12.1 Å². The molecule has 6 nitrogen and oxygen atoms in total. The first-order chi connectivity index (χ1) is 15.1. The Morgan fingerprint density at radius 1 is 1.16 bits per heavy atom. The van der Waals surface area contributed by atoms with Crippen molar-refractivity contribution < 1.29 is 19.0 Å². The molecule has 5 rings (SSSR count). The lowest BCUT2D eigenvalue weighted by molar-refractivity contribution is 0.0995. The zero-order chi connectivity index (χ0) is 21.5. The topological polar surface area (TPSA) is 75.6 Å². The second kappa shape index (κ2) is 7.74. The van der Waals surface area contributed by atoms with Crippen molar-refractivity contribution in [2.45, 2.75) is 37.8 Å². The molecule has 2 aliphatic rings. The molecule has 1 aromatic carbocycles. The number of hydrogen-bond donors (Lipinski definition) is 1. The standard InChI is InChI=1S/C24H22FN3O3/c1-31-20-6-2-4-18(25)22(20)23-17-13-28(24(30)16(17)10-11-26-23)21-7-3-5-19(27-21)14-8-9-15(29)12-14/h2-7,10-11,14-15,29H,8-9,12-13H2,1H3/t14-,15+/m0/s1. The molecule has 7 heteroatoms. The largest absolute Gasteiger partial charge is 0.496 e. The third kappa shape index (κ3) is 3.35. The quantitative estimate of drug-likeness (QED) is 0.690. The van der Waals surface area contributed by atoms with E-state index in [0.29, 0.717) is 34.8 Å². The number of methoxy groups -OCH3 is 1. The van der Waals surface area contributed by atoms with E-state index >= 15 is 0 Å². The van der Waals surface area contributed by atoms with Gasteiger partial charge in [0, 0.05) is 28.9 Å². The highest BCUT2D eigenvalue weighted by Crippen LogP contribution is 2.39. The van der Waals surface area contributed by atoms with Crippen molar-refractivity contribution in [1.82, 2.24) is 9.97 Å². The minimum Gasteiger partial charge on any atom is -0.496 e. The number of carbonyl (C=O) groups is 1. The van der Waals surface area contributed by atoms with Crippen molar-refractivity contribution in [3.8, 4) is 17.0 Å². The molecule has 1 fully saturated rings. The summed E-state index contributed by atoms with van der Waals surface area (Å²) in [6, 6.07) is 11.9. The lowest BCUT2D eigenvalue weighted by Gasteiger charge is -2.17. The maximum atomic E-state index is 14.7. The maximum Gasteiger partial charge on any atom is 0.260 e. The van der Waals surface area contributed by atoms with Crippen molar-refractivity contribution >= 4 is 11.7 Å². The van der Waals surface area contributed by atoms with Gasteiger partial charge in [-0.2, -0.15) is 0 Å². The van der Waals surface area contributed by atoms with E-state index in [4.69, 9.17) is 9.72 Å². The number of benzene rings is 1. The summed E-state index contributed by atoms with van der Waals surface area (Å²) in [4.78, 5) is 23.9. The van der Waals surface area contributed by atoms with E-state index in [2.05, 4.69) is 4.98 Å². The summed E-state index contributed by atoms with van der Waals surface area (Å²) in [5.74, 6) is 0.462. The third-order valence-electron chi connectivity index (χ3n) is 6.14. The zero-order valence-electron chi connectivity index (χ0n) is 17.1. The summed E-state index contributed by atoms with van der Waals surface area (Å²) in [5, 5.41) is 9.87. The summed E-state index contributed by atoms with van der Waals surface area (Å²) in [7, 11) is 1.48. The van der Waals surface area contributed by atoms with Crippen molar-refractivity contribution in [3.63, 3.8) is 0 Å². The molecule has 1 saturated carbocycles. The molecule has 3 aromatic rings. The fourth-order valence-electron chi connectivity index (χ4n) is 4.58. The van der Waals surface area contributed by atoms with E-state index in [1.54, 1.807) is 29.2 Å². The lowest BCUT2D eigenvalue weighted by atomic mass is 10.0. The molecule has 158 valence electrons. The highest BCUT2D eigenvalue weighted by atomic mass is 19.1. The molecule has 2 aromatic heterocycles. The van der Waals surface area contributed by atoms with E-state index in [1.807, 2.05) is 12.1 Å². The Morgan fingerprint density at radius 3 is 2.77 bits per heavy atom. The van der Waals surface area contributed by atoms with Gasteiger partial charge in [0.25, 0.3) is 5.91 Å². The summed E-state index contributed by atoms with van der Waals surface area (Å²) in [5.41, 5.74) is 2.67. The number of fused-ring (bicyclic) bond motifs is 1. The normalized spacial score (nSPS) is 20.2. The molecule has 0 unspecified atom stereocenters. The molecule has 2 atom stereocenters. The van der Waals surface area contributed by atoms with Crippen LogP contribution in [-0.4, -0.2) is 34.2 Å². The van der Waals surface area contributed by atoms with Crippen LogP contribution in [0, 0.1) is 5.82 Å². The minimum absolute atomic E-state index is 0.190. The number of hydrogen-bond acceptors (Lipinski definition) is 5. The molecule has 31 heavy (non-hydrogen) atoms. The van der Waals surface area contributed by atoms with Gasteiger partial charge in [0.15, 0.2) is 0 Å². The average molecular weight is 419 g/mol. The van der Waals surface area contributed by atoms with Gasteiger partial charge < -0.3 is 9.84 Å². The van der Waals surface area contributed by atoms with Gasteiger partial charge in [0.1, 0.15) is 17.4 Å². The molecule has 0 radical (unpaired) electrons. The number of ether oxygens (including phenoxy) is 1. The highest BCUT2D eigenvalue weighted by molar-refractivity contribution is 6.10. The third-order valence-corrected chi connectivity index (χ3v) is 6.14. The van der Waals surface area contributed by atoms with Gasteiger partial charge in [-0.15, -0.1) is 0 Å². The first-order valence-corrected chi connectivity index (χ1v) is 10.3. The number of amides is 1. The Labute approximate surface area is 179 Å². The Kier molecular flexibility index (Phi) is 4.90. The molecule has 0 saturated heterocycles. The van der Waals surface area contributed by atoms with E-state index < -0.39 is 5.82 Å². The summed E-state index contributed by atoms with van der Waals surface area (Å²) < 4.78 is 20.1. The van der Waals surface area contributed by atoms with E-state index in [-0.39, 0.29) is 30.0 Å². The lowest BCUT2D eigenvalue weighted by Crippen LogP contribution is -2.24. The van der Waals surface area contributed by atoms with Gasteiger partial charge in [-0.05, 0) is 49.6 Å². The fourth-order valence-corrected chi connectivity index (χ4v) is 4.58. The number of aromatic nitrogens is 2. The molecular formula is C24H22FN3O3. The number of aliphatic hydroxyl groups excluding tert-OH is 1. The number of nitrogens with zero attached hydrogens (tertiary/aromatic N) is 3. The number of rotatable bonds is 4. The van der Waals surface area contributed by atoms with Crippen molar-refractivity contribution in [2.75, 3.05) is 12.0 Å². The SMILES string of the molecule is COc1cccc(F)c1-c1nccc2c1CN(c1cccc([C@H]3CC[C@@H](O)C3)n1)C2=O. The van der Waals surface area contributed by atoms with Crippen LogP contribution in [-0.2, 0) is 6.54 Å². The predicted octanol–water partition coefficient (Wildman–Crippen LogP) is 4.08. The monoisotopic (exact) mass is 419 g/mol. The molecule has 1 aliphatic heterocycles. The second-order valence-corrected chi connectivity index (χ2v) is 7.98. The van der Waals surface area contributed by atoms with E-state index in [0.717, 1.165) is 18.5 Å². The van der Waals surface area contributed by atoms with Crippen LogP contribution in [0.5, 0.6) is 5.75 Å². The maximum absolute atomic E-state index is 14.7. The van der Waals surface area contributed by atoms with Gasteiger partial charge in [0.05, 0.1) is 31.0 Å². The van der Waals surface area contributed by atoms with Crippen LogP contribution < -0.4 is 9.64 Å².